The number of halogens is 3. The predicted octanol–water partition coefficient (Wildman–Crippen LogP) is 3.29. The van der Waals surface area contributed by atoms with Crippen molar-refractivity contribution in [2.45, 2.75) is 3.79 Å². The molecular weight excluding hydrogens is 284 g/mol. The van der Waals surface area contributed by atoms with Gasteiger partial charge in [0.05, 0.1) is 11.0 Å². The largest absolute Gasteiger partial charge is 0.344 e. The quantitative estimate of drug-likeness (QED) is 0.648. The summed E-state index contributed by atoms with van der Waals surface area (Å²) < 4.78 is -0.366. The first-order chi connectivity index (χ1) is 7.41. The molecular formula is C10H10Cl3N3O. The number of benzene rings is 1. The lowest BCUT2D eigenvalue weighted by Crippen LogP contribution is -2.22. The Morgan fingerprint density at radius 3 is 2.41 bits per heavy atom. The molecule has 0 amide bonds. The number of nitrogens with zero attached hydrogens (tertiary/aromatic N) is 2. The second-order valence-corrected chi connectivity index (χ2v) is 5.59. The van der Waals surface area contributed by atoms with E-state index in [1.807, 2.05) is 18.2 Å². The Hall–Kier alpha value is -0.810. The molecule has 17 heavy (non-hydrogen) atoms. The third kappa shape index (κ3) is 2.55. The highest BCUT2D eigenvalue weighted by atomic mass is 35.6. The fourth-order valence-electron chi connectivity index (χ4n) is 1.48. The minimum Gasteiger partial charge on any atom is -0.344 e. The monoisotopic (exact) mass is 293 g/mol. The van der Waals surface area contributed by atoms with E-state index in [0.717, 1.165) is 5.52 Å². The number of ketones is 1. The van der Waals surface area contributed by atoms with E-state index in [-0.39, 0.29) is 12.0 Å². The molecule has 0 aliphatic carbocycles. The molecule has 0 saturated carbocycles. The van der Waals surface area contributed by atoms with Crippen molar-refractivity contribution in [3.05, 3.63) is 30.1 Å². The molecule has 0 radical (unpaired) electrons. The van der Waals surface area contributed by atoms with Gasteiger partial charge in [0.2, 0.25) is 5.78 Å². The Morgan fingerprint density at radius 1 is 1.29 bits per heavy atom. The summed E-state index contributed by atoms with van der Waals surface area (Å²) in [5.41, 5.74) is 1.52. The maximum Gasteiger partial charge on any atom is 0.256 e. The van der Waals surface area contributed by atoms with Crippen LogP contribution in [0.2, 0.25) is 0 Å². The lowest BCUT2D eigenvalue weighted by Gasteiger charge is -2.08. The molecule has 0 saturated heterocycles. The number of hydrogen-bond donors (Lipinski definition) is 1. The third-order valence-corrected chi connectivity index (χ3v) is 2.76. The minimum atomic E-state index is -1.98. The van der Waals surface area contributed by atoms with Crippen LogP contribution in [0.5, 0.6) is 0 Å². The van der Waals surface area contributed by atoms with E-state index in [1.165, 1.54) is 0 Å². The number of carbonyl (C=O) groups is 1. The molecule has 0 fully saturated rings. The molecule has 0 aliphatic rings. The van der Waals surface area contributed by atoms with Crippen LogP contribution in [0, 0.1) is 0 Å². The Morgan fingerprint density at radius 2 is 1.88 bits per heavy atom. The fourth-order valence-corrected chi connectivity index (χ4v) is 1.73. The first-order valence-corrected chi connectivity index (χ1v) is 5.57. The van der Waals surface area contributed by atoms with Gasteiger partial charge in [-0.15, -0.1) is 0 Å². The number of alkyl halides is 3. The Bertz CT molecular complexity index is 559. The van der Waals surface area contributed by atoms with Crippen LogP contribution in [0.3, 0.4) is 0 Å². The fraction of sp³-hybridized carbons (Fsp3) is 0.200. The highest BCUT2D eigenvalue weighted by Gasteiger charge is 2.35. The Labute approximate surface area is 113 Å². The number of para-hydroxylation sites is 2. The Kier molecular flexibility index (Phi) is 4.04. The molecule has 7 heteroatoms. The average molecular weight is 295 g/mol. The van der Waals surface area contributed by atoms with Gasteiger partial charge < -0.3 is 10.7 Å². The van der Waals surface area contributed by atoms with Crippen LogP contribution in [0.4, 0.5) is 0 Å². The maximum atomic E-state index is 11.8. The summed E-state index contributed by atoms with van der Waals surface area (Å²) in [6.45, 7) is 0. The van der Waals surface area contributed by atoms with E-state index in [1.54, 1.807) is 17.7 Å². The van der Waals surface area contributed by atoms with Gasteiger partial charge in [0.25, 0.3) is 3.79 Å². The zero-order valence-electron chi connectivity index (χ0n) is 8.95. The van der Waals surface area contributed by atoms with E-state index in [2.05, 4.69) is 4.98 Å². The van der Waals surface area contributed by atoms with Crippen LogP contribution >= 0.6 is 34.8 Å². The smallest absolute Gasteiger partial charge is 0.256 e. The van der Waals surface area contributed by atoms with Gasteiger partial charge in [-0.25, -0.2) is 4.98 Å². The van der Waals surface area contributed by atoms with Crippen LogP contribution in [-0.4, -0.2) is 19.1 Å². The lowest BCUT2D eigenvalue weighted by atomic mass is 10.3. The molecule has 2 rings (SSSR count). The first kappa shape index (κ1) is 14.3. The van der Waals surface area contributed by atoms with Crippen molar-refractivity contribution in [2.24, 2.45) is 7.05 Å². The molecule has 0 unspecified atom stereocenters. The van der Waals surface area contributed by atoms with Gasteiger partial charge in [-0.1, -0.05) is 46.9 Å². The van der Waals surface area contributed by atoms with Crippen molar-refractivity contribution in [1.82, 2.24) is 15.7 Å². The second-order valence-electron chi connectivity index (χ2n) is 3.31. The van der Waals surface area contributed by atoms with Crippen molar-refractivity contribution in [1.29, 1.82) is 0 Å². The van der Waals surface area contributed by atoms with Crippen molar-refractivity contribution in [3.8, 4) is 0 Å². The number of aryl methyl sites for hydroxylation is 1. The van der Waals surface area contributed by atoms with Crippen molar-refractivity contribution in [2.75, 3.05) is 0 Å². The molecule has 3 N–H and O–H groups in total. The number of Topliss-reactive ketones (excluding diaryl/α,β-unsaturated/α-hetero) is 1. The molecule has 92 valence electrons. The van der Waals surface area contributed by atoms with Crippen LogP contribution in [0.25, 0.3) is 11.0 Å². The van der Waals surface area contributed by atoms with Gasteiger partial charge in [-0.2, -0.15) is 0 Å². The van der Waals surface area contributed by atoms with E-state index in [4.69, 9.17) is 34.8 Å². The molecule has 0 atom stereocenters. The van der Waals surface area contributed by atoms with Gasteiger partial charge in [-0.3, -0.25) is 4.79 Å². The standard InChI is InChI=1S/C10H7Cl3N2O.H3N/c1-15-7-5-3-2-4-6(7)14-9(15)8(16)10(11,12)13;/h2-5H,1H3;1H3. The van der Waals surface area contributed by atoms with Gasteiger partial charge in [0.1, 0.15) is 0 Å². The molecule has 0 spiro atoms. The molecule has 0 aliphatic heterocycles. The number of imidazole rings is 1. The van der Waals surface area contributed by atoms with Crippen LogP contribution in [0.1, 0.15) is 10.6 Å². The maximum absolute atomic E-state index is 11.8. The number of aromatic nitrogens is 2. The average Bonchev–Trinajstić information content (AvgIpc) is 2.54. The summed E-state index contributed by atoms with van der Waals surface area (Å²) in [7, 11) is 1.71. The molecule has 1 aromatic heterocycles. The number of rotatable bonds is 1. The highest BCUT2D eigenvalue weighted by Crippen LogP contribution is 2.30. The van der Waals surface area contributed by atoms with E-state index in [0.29, 0.717) is 5.52 Å². The summed E-state index contributed by atoms with van der Waals surface area (Å²) in [5.74, 6) is -0.489. The molecule has 1 aromatic carbocycles. The zero-order chi connectivity index (χ0) is 11.9. The van der Waals surface area contributed by atoms with E-state index >= 15 is 0 Å². The third-order valence-electron chi connectivity index (χ3n) is 2.25. The molecule has 2 aromatic rings. The highest BCUT2D eigenvalue weighted by molar-refractivity contribution is 6.77. The number of fused-ring (bicyclic) bond motifs is 1. The summed E-state index contributed by atoms with van der Waals surface area (Å²) in [6, 6.07) is 7.33. The lowest BCUT2D eigenvalue weighted by molar-refractivity contribution is 0.0984. The molecule has 4 nitrogen and oxygen atoms in total. The van der Waals surface area contributed by atoms with Crippen molar-refractivity contribution >= 4 is 51.6 Å². The minimum absolute atomic E-state index is 0. The normalized spacial score (nSPS) is 11.3. The summed E-state index contributed by atoms with van der Waals surface area (Å²) in [6.07, 6.45) is 0. The summed E-state index contributed by atoms with van der Waals surface area (Å²) in [5, 5.41) is 0. The van der Waals surface area contributed by atoms with Crippen LogP contribution in [-0.2, 0) is 7.05 Å². The molecule has 1 heterocycles. The second kappa shape index (κ2) is 4.82. The number of hydrogen-bond acceptors (Lipinski definition) is 3. The zero-order valence-corrected chi connectivity index (χ0v) is 11.2. The van der Waals surface area contributed by atoms with E-state index < -0.39 is 9.58 Å². The van der Waals surface area contributed by atoms with Crippen molar-refractivity contribution in [3.63, 3.8) is 0 Å². The van der Waals surface area contributed by atoms with Gasteiger partial charge in [0, 0.05) is 7.05 Å². The van der Waals surface area contributed by atoms with Gasteiger partial charge >= 0.3 is 0 Å². The van der Waals surface area contributed by atoms with Crippen molar-refractivity contribution < 1.29 is 4.79 Å². The topological polar surface area (TPSA) is 69.9 Å². The van der Waals surface area contributed by atoms with Gasteiger partial charge in [-0.05, 0) is 12.1 Å². The first-order valence-electron chi connectivity index (χ1n) is 4.44. The SMILES string of the molecule is Cn1c(C(=O)C(Cl)(Cl)Cl)nc2ccccc21.N. The Balaban J connectivity index is 0.00000144. The molecule has 0 bridgehead atoms. The summed E-state index contributed by atoms with van der Waals surface area (Å²) in [4.78, 5) is 15.9. The summed E-state index contributed by atoms with van der Waals surface area (Å²) >= 11 is 16.6. The van der Waals surface area contributed by atoms with Crippen LogP contribution in [0.15, 0.2) is 24.3 Å². The predicted molar refractivity (Wildman–Crippen MR) is 70.4 cm³/mol. The van der Waals surface area contributed by atoms with Gasteiger partial charge in [0.15, 0.2) is 5.82 Å². The van der Waals surface area contributed by atoms with Crippen LogP contribution < -0.4 is 6.15 Å². The van der Waals surface area contributed by atoms with E-state index in [9.17, 15) is 4.79 Å². The number of carbonyl (C=O) groups excluding carboxylic acids is 1.